The van der Waals surface area contributed by atoms with Gasteiger partial charge in [0, 0.05) is 0 Å². The average molecular weight is 150 g/mol. The Kier molecular flexibility index (Phi) is 2.65. The molecule has 0 amide bonds. The largest absolute Gasteiger partial charge is 0.428 e. The van der Waals surface area contributed by atoms with Crippen LogP contribution in [0.4, 0.5) is 0 Å². The first-order valence-electron chi connectivity index (χ1n) is 3.36. The minimum Gasteiger partial charge on any atom is -0.428 e. The highest BCUT2D eigenvalue weighted by molar-refractivity contribution is 6.45. The van der Waals surface area contributed by atoms with Crippen LogP contribution in [-0.2, 0) is 6.42 Å². The summed E-state index contributed by atoms with van der Waals surface area (Å²) >= 11 is 0. The second kappa shape index (κ2) is 3.54. The highest BCUT2D eigenvalue weighted by atomic mass is 28.2. The average Bonchev–Trinajstić information content (AvgIpc) is 2.05. The molecule has 1 aromatic rings. The molecule has 1 N–H and O–H groups in total. The smallest absolute Gasteiger partial charge is 0.265 e. The van der Waals surface area contributed by atoms with Gasteiger partial charge in [-0.05, 0) is 17.2 Å². The fourth-order valence-corrected chi connectivity index (χ4v) is 1.13. The number of rotatable bonds is 2. The summed E-state index contributed by atoms with van der Waals surface area (Å²) in [4.78, 5) is 8.73. The van der Waals surface area contributed by atoms with Gasteiger partial charge in [0.2, 0.25) is 0 Å². The SMILES string of the molecule is CCc1ccc([Si]O)cc1. The van der Waals surface area contributed by atoms with Gasteiger partial charge in [0.1, 0.15) is 0 Å². The predicted octanol–water partition coefficient (Wildman–Crippen LogP) is 0.486. The van der Waals surface area contributed by atoms with Crippen LogP contribution in [0.15, 0.2) is 24.3 Å². The van der Waals surface area contributed by atoms with Crippen molar-refractivity contribution in [2.45, 2.75) is 13.3 Å². The van der Waals surface area contributed by atoms with Crippen LogP contribution in [0.3, 0.4) is 0 Å². The summed E-state index contributed by atoms with van der Waals surface area (Å²) in [5.41, 5.74) is 1.32. The lowest BCUT2D eigenvalue weighted by atomic mass is 10.2. The third-order valence-electron chi connectivity index (χ3n) is 1.49. The molecule has 0 aromatic heterocycles. The molecule has 10 heavy (non-hydrogen) atoms. The lowest BCUT2D eigenvalue weighted by molar-refractivity contribution is 0.615. The lowest BCUT2D eigenvalue weighted by Crippen LogP contribution is -2.12. The highest BCUT2D eigenvalue weighted by Crippen LogP contribution is 1.95. The summed E-state index contributed by atoms with van der Waals surface area (Å²) < 4.78 is 0. The third kappa shape index (κ3) is 1.69. The molecule has 1 nitrogen and oxygen atoms in total. The van der Waals surface area contributed by atoms with Crippen molar-refractivity contribution in [3.05, 3.63) is 29.8 Å². The van der Waals surface area contributed by atoms with Crippen molar-refractivity contribution in [3.63, 3.8) is 0 Å². The van der Waals surface area contributed by atoms with E-state index in [1.165, 1.54) is 5.56 Å². The van der Waals surface area contributed by atoms with E-state index in [4.69, 9.17) is 4.80 Å². The molecule has 2 heteroatoms. The van der Waals surface area contributed by atoms with Gasteiger partial charge >= 0.3 is 0 Å². The van der Waals surface area contributed by atoms with E-state index in [9.17, 15) is 0 Å². The molecule has 1 rings (SSSR count). The second-order valence-corrected chi connectivity index (χ2v) is 2.96. The zero-order chi connectivity index (χ0) is 7.40. The molecule has 0 heterocycles. The summed E-state index contributed by atoms with van der Waals surface area (Å²) in [6.45, 7) is 2.12. The van der Waals surface area contributed by atoms with Gasteiger partial charge in [-0.1, -0.05) is 31.2 Å². The quantitative estimate of drug-likeness (QED) is 0.608. The van der Waals surface area contributed by atoms with Gasteiger partial charge in [0.15, 0.2) is 0 Å². The molecule has 0 saturated carbocycles. The molecule has 2 radical (unpaired) electrons. The van der Waals surface area contributed by atoms with Crippen molar-refractivity contribution < 1.29 is 4.80 Å². The van der Waals surface area contributed by atoms with E-state index in [0.29, 0.717) is 0 Å². The molecule has 0 aliphatic rings. The summed E-state index contributed by atoms with van der Waals surface area (Å²) in [5, 5.41) is 1.01. The maximum absolute atomic E-state index is 8.73. The fourth-order valence-electron chi connectivity index (χ4n) is 0.815. The molecule has 0 atom stereocenters. The van der Waals surface area contributed by atoms with Crippen LogP contribution in [0.25, 0.3) is 0 Å². The maximum Gasteiger partial charge on any atom is 0.265 e. The molecular formula is C8H10OSi. The molecule has 0 unspecified atom stereocenters. The molecule has 0 spiro atoms. The van der Waals surface area contributed by atoms with Gasteiger partial charge in [0.25, 0.3) is 9.76 Å². The van der Waals surface area contributed by atoms with Gasteiger partial charge in [-0.3, -0.25) is 0 Å². The van der Waals surface area contributed by atoms with Crippen LogP contribution < -0.4 is 5.19 Å². The van der Waals surface area contributed by atoms with Crippen LogP contribution >= 0.6 is 0 Å². The molecule has 0 fully saturated rings. The van der Waals surface area contributed by atoms with E-state index in [2.05, 4.69) is 19.1 Å². The zero-order valence-electron chi connectivity index (χ0n) is 5.96. The van der Waals surface area contributed by atoms with Gasteiger partial charge in [-0.25, -0.2) is 0 Å². The van der Waals surface area contributed by atoms with E-state index in [0.717, 1.165) is 11.6 Å². The molecule has 1 aromatic carbocycles. The number of hydrogen-bond donors (Lipinski definition) is 1. The van der Waals surface area contributed by atoms with Crippen LogP contribution in [0.5, 0.6) is 0 Å². The van der Waals surface area contributed by atoms with Gasteiger partial charge in [-0.15, -0.1) is 0 Å². The summed E-state index contributed by atoms with van der Waals surface area (Å²) in [6.07, 6.45) is 1.06. The van der Waals surface area contributed by atoms with E-state index in [-0.39, 0.29) is 9.76 Å². The van der Waals surface area contributed by atoms with Crippen LogP contribution in [0.1, 0.15) is 12.5 Å². The Labute approximate surface area is 63.7 Å². The minimum atomic E-state index is -0.0722. The molecule has 0 bridgehead atoms. The monoisotopic (exact) mass is 150 g/mol. The van der Waals surface area contributed by atoms with E-state index >= 15 is 0 Å². The third-order valence-corrected chi connectivity index (χ3v) is 2.08. The first-order valence-corrected chi connectivity index (χ1v) is 4.30. The summed E-state index contributed by atoms with van der Waals surface area (Å²) in [7, 11) is -0.0722. The Morgan fingerprint density at radius 2 is 1.90 bits per heavy atom. The highest BCUT2D eigenvalue weighted by Gasteiger charge is 1.91. The zero-order valence-corrected chi connectivity index (χ0v) is 6.96. The van der Waals surface area contributed by atoms with Crippen molar-refractivity contribution >= 4 is 14.9 Å². The molecule has 0 aliphatic heterocycles. The lowest BCUT2D eigenvalue weighted by Gasteiger charge is -1.95. The molecule has 52 valence electrons. The number of hydrogen-bond acceptors (Lipinski definition) is 1. The van der Waals surface area contributed by atoms with Crippen LogP contribution in [0, 0.1) is 0 Å². The van der Waals surface area contributed by atoms with Crippen molar-refractivity contribution in [2.75, 3.05) is 0 Å². The summed E-state index contributed by atoms with van der Waals surface area (Å²) in [5.74, 6) is 0. The van der Waals surface area contributed by atoms with Gasteiger partial charge in [-0.2, -0.15) is 0 Å². The number of aryl methyl sites for hydroxylation is 1. The first kappa shape index (κ1) is 7.50. The Hall–Kier alpha value is -0.603. The Balaban J connectivity index is 2.80. The Morgan fingerprint density at radius 3 is 2.30 bits per heavy atom. The maximum atomic E-state index is 8.73. The molecular weight excluding hydrogens is 140 g/mol. The van der Waals surface area contributed by atoms with E-state index in [1.54, 1.807) is 0 Å². The standard InChI is InChI=1S/C8H10OSi/c1-2-7-3-5-8(10-9)6-4-7/h3-6,9H,2H2,1H3. The fraction of sp³-hybridized carbons (Fsp3) is 0.250. The Bertz CT molecular complexity index is 170. The van der Waals surface area contributed by atoms with Crippen molar-refractivity contribution in [1.29, 1.82) is 0 Å². The minimum absolute atomic E-state index is 0.0722. The first-order chi connectivity index (χ1) is 4.86. The summed E-state index contributed by atoms with van der Waals surface area (Å²) in [6, 6.07) is 8.05. The second-order valence-electron chi connectivity index (χ2n) is 2.16. The number of benzene rings is 1. The molecule has 0 aliphatic carbocycles. The Morgan fingerprint density at radius 1 is 1.30 bits per heavy atom. The van der Waals surface area contributed by atoms with Gasteiger partial charge in [0.05, 0.1) is 0 Å². The van der Waals surface area contributed by atoms with E-state index < -0.39 is 0 Å². The van der Waals surface area contributed by atoms with Crippen molar-refractivity contribution in [3.8, 4) is 0 Å². The molecule has 0 saturated heterocycles. The van der Waals surface area contributed by atoms with Crippen LogP contribution in [-0.4, -0.2) is 14.6 Å². The van der Waals surface area contributed by atoms with Crippen molar-refractivity contribution in [1.82, 2.24) is 0 Å². The topological polar surface area (TPSA) is 20.2 Å². The van der Waals surface area contributed by atoms with Gasteiger partial charge < -0.3 is 4.80 Å². The normalized spacial score (nSPS) is 9.80. The van der Waals surface area contributed by atoms with E-state index in [1.807, 2.05) is 12.1 Å². The predicted molar refractivity (Wildman–Crippen MR) is 43.4 cm³/mol. The van der Waals surface area contributed by atoms with Crippen molar-refractivity contribution in [2.24, 2.45) is 0 Å². The van der Waals surface area contributed by atoms with Crippen LogP contribution in [0.2, 0.25) is 0 Å².